The van der Waals surface area contributed by atoms with Gasteiger partial charge in [-0.25, -0.2) is 0 Å². The number of thiol groups is 1. The molecule has 3 aromatic carbocycles. The third-order valence-electron chi connectivity index (χ3n) is 5.65. The van der Waals surface area contributed by atoms with E-state index in [2.05, 4.69) is 82.7 Å². The first-order valence-corrected chi connectivity index (χ1v) is 22.2. The van der Waals surface area contributed by atoms with Crippen LogP contribution in [0.4, 0.5) is 0 Å². The molecule has 0 nitrogen and oxygen atoms in total. The SMILES string of the molecule is [SH][Zr]([Cl])([Cl])([c]1cccc2c1C=CC2)[c]1ccc(Br)c2c1-c1ccccc1C2. The van der Waals surface area contributed by atoms with Crippen molar-refractivity contribution in [3.8, 4) is 11.1 Å². The predicted molar refractivity (Wildman–Crippen MR) is 122 cm³/mol. The summed E-state index contributed by atoms with van der Waals surface area (Å²) < 4.78 is 3.13. The molecule has 2 aliphatic carbocycles. The van der Waals surface area contributed by atoms with Crippen molar-refractivity contribution in [1.29, 1.82) is 0 Å². The summed E-state index contributed by atoms with van der Waals surface area (Å²) in [5, 5.41) is 0. The van der Waals surface area contributed by atoms with Gasteiger partial charge in [-0.3, -0.25) is 0 Å². The van der Waals surface area contributed by atoms with Gasteiger partial charge in [-0.1, -0.05) is 0 Å². The second-order valence-corrected chi connectivity index (χ2v) is 34.0. The van der Waals surface area contributed by atoms with Crippen LogP contribution in [0, 0.1) is 0 Å². The second kappa shape index (κ2) is 6.34. The Kier molecular flexibility index (Phi) is 4.40. The van der Waals surface area contributed by atoms with Gasteiger partial charge in [-0.2, -0.15) is 0 Å². The standard InChI is InChI=1S/C13H8Br.C9H7.2ClH.H2S.Zr/c14-13-7-3-6-11-10-5-2-1-4-9(10)8-12(11)13;1-2-5-9-7-3-6-8(9)4-1;;;;/h1-5,7H,8H2;1-4,7H,6H2;2*1H;1H2;/q;;;;;+3/p-3. The molecule has 0 atom stereocenters. The van der Waals surface area contributed by atoms with Crippen LogP contribution in [0.15, 0.2) is 65.1 Å². The van der Waals surface area contributed by atoms with Gasteiger partial charge >= 0.3 is 181 Å². The van der Waals surface area contributed by atoms with E-state index in [0.29, 0.717) is 0 Å². The molecule has 2 aliphatic rings. The summed E-state index contributed by atoms with van der Waals surface area (Å²) in [4.78, 5) is 0. The third-order valence-corrected chi connectivity index (χ3v) is 20.7. The molecule has 0 spiro atoms. The van der Waals surface area contributed by atoms with E-state index in [-0.39, 0.29) is 0 Å². The van der Waals surface area contributed by atoms with E-state index >= 15 is 0 Å². The molecule has 0 amide bonds. The van der Waals surface area contributed by atoms with Crippen molar-refractivity contribution in [3.05, 3.63) is 87.4 Å². The number of fused-ring (bicyclic) bond motifs is 4. The van der Waals surface area contributed by atoms with Crippen molar-refractivity contribution in [2.45, 2.75) is 12.8 Å². The number of benzene rings is 3. The van der Waals surface area contributed by atoms with Crippen LogP contribution in [-0.2, 0) is 27.8 Å². The Bertz CT molecular complexity index is 1140. The molecule has 5 rings (SSSR count). The maximum atomic E-state index is 7.42. The Labute approximate surface area is 179 Å². The van der Waals surface area contributed by atoms with E-state index in [4.69, 9.17) is 26.4 Å². The first-order chi connectivity index (χ1) is 12.9. The third kappa shape index (κ3) is 2.81. The van der Waals surface area contributed by atoms with Gasteiger partial charge in [-0.05, 0) is 0 Å². The number of hydrogen-bond donors (Lipinski definition) is 1. The van der Waals surface area contributed by atoms with Crippen molar-refractivity contribution < 1.29 is 14.9 Å². The molecular formula is C22H16BrCl2SZr. The Morgan fingerprint density at radius 1 is 0.889 bits per heavy atom. The summed E-state index contributed by atoms with van der Waals surface area (Å²) in [5.41, 5.74) is 7.40. The van der Waals surface area contributed by atoms with E-state index in [1.807, 2.05) is 0 Å². The van der Waals surface area contributed by atoms with Gasteiger partial charge in [0.2, 0.25) is 0 Å². The second-order valence-electron chi connectivity index (χ2n) is 7.23. The number of allylic oxidation sites excluding steroid dienone is 1. The minimum atomic E-state index is -4.79. The maximum absolute atomic E-state index is 7.42. The molecular weight excluding hydrogens is 538 g/mol. The molecule has 0 saturated carbocycles. The van der Waals surface area contributed by atoms with Crippen LogP contribution >= 0.6 is 42.3 Å². The first kappa shape index (κ1) is 18.7. The fourth-order valence-corrected chi connectivity index (χ4v) is 16.9. The van der Waals surface area contributed by atoms with E-state index in [1.54, 1.807) is 0 Å². The van der Waals surface area contributed by atoms with Crippen LogP contribution in [-0.4, -0.2) is 0 Å². The Balaban J connectivity index is 1.84. The normalized spacial score (nSPS) is 15.8. The zero-order valence-electron chi connectivity index (χ0n) is 14.3. The summed E-state index contributed by atoms with van der Waals surface area (Å²) in [7, 11) is 20.0. The average molecular weight is 554 g/mol. The van der Waals surface area contributed by atoms with Gasteiger partial charge in [0.05, 0.1) is 0 Å². The van der Waals surface area contributed by atoms with Gasteiger partial charge in [-0.15, -0.1) is 0 Å². The summed E-state index contributed by atoms with van der Waals surface area (Å²) in [6, 6.07) is 18.9. The summed E-state index contributed by atoms with van der Waals surface area (Å²) in [5.74, 6) is 0. The summed E-state index contributed by atoms with van der Waals surface area (Å²) in [6.07, 6.45) is 6.13. The molecule has 0 unspecified atom stereocenters. The zero-order chi connectivity index (χ0) is 18.8. The number of hydrogen-bond acceptors (Lipinski definition) is 1. The van der Waals surface area contributed by atoms with E-state index in [1.165, 1.54) is 27.8 Å². The van der Waals surface area contributed by atoms with Gasteiger partial charge in [0.1, 0.15) is 0 Å². The van der Waals surface area contributed by atoms with Crippen LogP contribution in [0.25, 0.3) is 17.2 Å². The fourth-order valence-electron chi connectivity index (χ4n) is 4.37. The monoisotopic (exact) mass is 551 g/mol. The van der Waals surface area contributed by atoms with Crippen molar-refractivity contribution in [2.24, 2.45) is 0 Å². The minimum absolute atomic E-state index is 0.888. The summed E-state index contributed by atoms with van der Waals surface area (Å²) in [6.45, 7) is 0. The molecule has 0 heterocycles. The number of halogens is 3. The average Bonchev–Trinajstić information content (AvgIpc) is 3.26. The molecule has 0 aromatic heterocycles. The van der Waals surface area contributed by atoms with Crippen molar-refractivity contribution in [1.82, 2.24) is 0 Å². The fraction of sp³-hybridized carbons (Fsp3) is 0.0909. The van der Waals surface area contributed by atoms with Crippen LogP contribution < -0.4 is 6.54 Å². The van der Waals surface area contributed by atoms with Crippen LogP contribution in [0.2, 0.25) is 0 Å². The molecule has 5 heteroatoms. The van der Waals surface area contributed by atoms with Crippen molar-refractivity contribution in [3.63, 3.8) is 0 Å². The zero-order valence-corrected chi connectivity index (χ0v) is 20.8. The van der Waals surface area contributed by atoms with Crippen LogP contribution in [0.5, 0.6) is 0 Å². The van der Waals surface area contributed by atoms with Gasteiger partial charge in [0.25, 0.3) is 0 Å². The predicted octanol–water partition coefficient (Wildman–Crippen LogP) is 6.38. The Hall–Kier alpha value is -0.307. The number of rotatable bonds is 2. The van der Waals surface area contributed by atoms with Crippen molar-refractivity contribution >= 4 is 55.0 Å². The molecule has 27 heavy (non-hydrogen) atoms. The van der Waals surface area contributed by atoms with E-state index in [0.717, 1.165) is 29.4 Å². The Morgan fingerprint density at radius 3 is 2.52 bits per heavy atom. The molecule has 0 fully saturated rings. The molecule has 0 aliphatic heterocycles. The summed E-state index contributed by atoms with van der Waals surface area (Å²) >= 11 is -1.05. The van der Waals surface area contributed by atoms with Crippen LogP contribution in [0.1, 0.15) is 22.3 Å². The van der Waals surface area contributed by atoms with Crippen LogP contribution in [0.3, 0.4) is 0 Å². The molecule has 135 valence electrons. The van der Waals surface area contributed by atoms with E-state index < -0.39 is 14.9 Å². The van der Waals surface area contributed by atoms with Crippen molar-refractivity contribution in [2.75, 3.05) is 0 Å². The molecule has 0 N–H and O–H groups in total. The molecule has 0 radical (unpaired) electrons. The first-order valence-electron chi connectivity index (χ1n) is 8.86. The molecule has 0 saturated heterocycles. The topological polar surface area (TPSA) is 0 Å². The van der Waals surface area contributed by atoms with Gasteiger partial charge < -0.3 is 0 Å². The van der Waals surface area contributed by atoms with E-state index in [9.17, 15) is 0 Å². The van der Waals surface area contributed by atoms with Gasteiger partial charge in [0, 0.05) is 0 Å². The Morgan fingerprint density at radius 2 is 1.67 bits per heavy atom. The molecule has 3 aromatic rings. The molecule has 0 bridgehead atoms. The van der Waals surface area contributed by atoms with Gasteiger partial charge in [0.15, 0.2) is 0 Å². The quantitative estimate of drug-likeness (QED) is 0.273.